The van der Waals surface area contributed by atoms with Gasteiger partial charge in [0, 0.05) is 44.0 Å². The second kappa shape index (κ2) is 9.21. The van der Waals surface area contributed by atoms with E-state index in [0.29, 0.717) is 17.9 Å². The van der Waals surface area contributed by atoms with Crippen molar-refractivity contribution in [2.75, 3.05) is 26.7 Å². The normalized spacial score (nSPS) is 20.0. The van der Waals surface area contributed by atoms with Gasteiger partial charge in [0.25, 0.3) is 5.91 Å². The van der Waals surface area contributed by atoms with E-state index in [0.717, 1.165) is 5.56 Å². The lowest BCUT2D eigenvalue weighted by molar-refractivity contribution is -0.143. The van der Waals surface area contributed by atoms with Crippen LogP contribution in [0.25, 0.3) is 0 Å². The first-order valence-corrected chi connectivity index (χ1v) is 11.0. The monoisotopic (exact) mass is 516 g/mol. The zero-order valence-corrected chi connectivity index (χ0v) is 19.0. The number of alkyl halides is 6. The number of rotatable bonds is 3. The lowest BCUT2D eigenvalue weighted by Gasteiger charge is -2.48. The number of hydrogen-bond acceptors (Lipinski definition) is 4. The average molecular weight is 516 g/mol. The van der Waals surface area contributed by atoms with Crippen LogP contribution in [0.3, 0.4) is 0 Å². The number of carbonyl (C=O) groups excluding carboxylic acids is 2. The molecule has 0 bridgehead atoms. The van der Waals surface area contributed by atoms with Crippen LogP contribution >= 0.6 is 0 Å². The van der Waals surface area contributed by atoms with Crippen molar-refractivity contribution in [3.05, 3.63) is 64.7 Å². The molecule has 36 heavy (non-hydrogen) atoms. The van der Waals surface area contributed by atoms with Gasteiger partial charge in [-0.15, -0.1) is 0 Å². The first kappa shape index (κ1) is 25.6. The third-order valence-corrected chi connectivity index (χ3v) is 6.61. The van der Waals surface area contributed by atoms with Gasteiger partial charge in [0.15, 0.2) is 0 Å². The van der Waals surface area contributed by atoms with Gasteiger partial charge in [-0.05, 0) is 35.9 Å². The third kappa shape index (κ3) is 5.07. The maximum atomic E-state index is 13.2. The van der Waals surface area contributed by atoms with Crippen molar-refractivity contribution >= 4 is 12.0 Å². The highest BCUT2D eigenvalue weighted by Gasteiger charge is 2.49. The van der Waals surface area contributed by atoms with Crippen molar-refractivity contribution in [3.8, 4) is 5.75 Å². The van der Waals surface area contributed by atoms with Crippen molar-refractivity contribution in [3.63, 3.8) is 0 Å². The number of ether oxygens (including phenoxy) is 2. The number of alkyl carbamates (subject to hydrolysis) is 1. The summed E-state index contributed by atoms with van der Waals surface area (Å²) in [6.07, 6.45) is -10.5. The minimum absolute atomic E-state index is 0.0187. The highest BCUT2D eigenvalue weighted by molar-refractivity contribution is 5.94. The van der Waals surface area contributed by atoms with Crippen molar-refractivity contribution in [2.45, 2.75) is 36.7 Å². The highest BCUT2D eigenvalue weighted by atomic mass is 19.4. The summed E-state index contributed by atoms with van der Waals surface area (Å²) in [5, 5.41) is 2.64. The van der Waals surface area contributed by atoms with E-state index in [2.05, 4.69) is 5.32 Å². The van der Waals surface area contributed by atoms with E-state index in [1.807, 2.05) is 6.07 Å². The van der Waals surface area contributed by atoms with Gasteiger partial charge in [-0.3, -0.25) is 4.79 Å². The van der Waals surface area contributed by atoms with Crippen molar-refractivity contribution < 1.29 is 45.4 Å². The van der Waals surface area contributed by atoms with Crippen LogP contribution in [0.5, 0.6) is 5.75 Å². The number of halogens is 6. The topological polar surface area (TPSA) is 67.9 Å². The average Bonchev–Trinajstić information content (AvgIpc) is 2.83. The lowest BCUT2D eigenvalue weighted by atomic mass is 9.74. The fourth-order valence-electron chi connectivity index (χ4n) is 4.74. The van der Waals surface area contributed by atoms with Crippen LogP contribution in [0.4, 0.5) is 31.1 Å². The molecule has 1 unspecified atom stereocenters. The molecule has 2 aromatic carbocycles. The van der Waals surface area contributed by atoms with Crippen molar-refractivity contribution in [2.24, 2.45) is 0 Å². The van der Waals surface area contributed by atoms with Crippen LogP contribution in [0.15, 0.2) is 42.5 Å². The van der Waals surface area contributed by atoms with E-state index in [4.69, 9.17) is 9.47 Å². The van der Waals surface area contributed by atoms with Gasteiger partial charge < -0.3 is 19.7 Å². The molecule has 0 aliphatic carbocycles. The Labute approximate surface area is 202 Å². The van der Waals surface area contributed by atoms with Gasteiger partial charge in [-0.25, -0.2) is 4.79 Å². The number of nitrogens with zero attached hydrogens (tertiary/aromatic N) is 1. The Morgan fingerprint density at radius 2 is 1.64 bits per heavy atom. The molecule has 2 aliphatic heterocycles. The molecule has 2 fully saturated rings. The standard InChI is InChI=1S/C24H22F6N2O4/c1-35-18-4-2-3-14(11-18)19-13-31-21(34)36-22(19)5-7-32(8-6-22)20(33)15-9-16(23(25,26)27)12-17(10-15)24(28,29)30/h2-4,9-12,19H,5-8,13H2,1H3,(H,31,34). The largest absolute Gasteiger partial charge is 0.497 e. The Kier molecular flexibility index (Phi) is 6.56. The highest BCUT2D eigenvalue weighted by Crippen LogP contribution is 2.43. The summed E-state index contributed by atoms with van der Waals surface area (Å²) in [4.78, 5) is 26.2. The number of benzene rings is 2. The minimum Gasteiger partial charge on any atom is -0.497 e. The van der Waals surface area contributed by atoms with E-state index in [-0.39, 0.29) is 44.5 Å². The maximum absolute atomic E-state index is 13.2. The number of piperidine rings is 1. The van der Waals surface area contributed by atoms with Crippen LogP contribution in [-0.4, -0.2) is 49.2 Å². The summed E-state index contributed by atoms with van der Waals surface area (Å²) in [5.74, 6) is -0.676. The number of methoxy groups -OCH3 is 1. The molecule has 0 saturated carbocycles. The molecule has 2 saturated heterocycles. The summed E-state index contributed by atoms with van der Waals surface area (Å²) >= 11 is 0. The summed E-state index contributed by atoms with van der Waals surface area (Å²) in [6.45, 7) is 0.205. The predicted octanol–water partition coefficient (Wildman–Crippen LogP) is 5.23. The van der Waals surface area contributed by atoms with E-state index in [1.54, 1.807) is 18.2 Å². The number of nitrogens with one attached hydrogen (secondary N) is 1. The third-order valence-electron chi connectivity index (χ3n) is 6.61. The first-order valence-electron chi connectivity index (χ1n) is 11.0. The Hall–Kier alpha value is -3.44. The van der Waals surface area contributed by atoms with Crippen LogP contribution < -0.4 is 10.1 Å². The van der Waals surface area contributed by atoms with Crippen LogP contribution in [-0.2, 0) is 17.1 Å². The second-order valence-electron chi connectivity index (χ2n) is 8.75. The van der Waals surface area contributed by atoms with Gasteiger partial charge in [-0.2, -0.15) is 26.3 Å². The van der Waals surface area contributed by atoms with Crippen LogP contribution in [0.1, 0.15) is 45.8 Å². The van der Waals surface area contributed by atoms with E-state index in [1.165, 1.54) is 12.0 Å². The zero-order valence-electron chi connectivity index (χ0n) is 19.0. The molecule has 2 amide bonds. The molecule has 1 atom stereocenters. The fourth-order valence-corrected chi connectivity index (χ4v) is 4.74. The molecule has 2 aliphatic rings. The Balaban J connectivity index is 1.59. The SMILES string of the molecule is COc1cccc(C2CNC(=O)OC23CCN(C(=O)c2cc(C(F)(F)F)cc(C(F)(F)F)c2)CC3)c1. The number of hydrogen-bond donors (Lipinski definition) is 1. The molecule has 1 spiro atoms. The van der Waals surface area contributed by atoms with Crippen LogP contribution in [0, 0.1) is 0 Å². The number of likely N-dealkylation sites (tertiary alicyclic amines) is 1. The summed E-state index contributed by atoms with van der Waals surface area (Å²) in [5.41, 5.74) is -4.00. The molecule has 0 radical (unpaired) electrons. The lowest BCUT2D eigenvalue weighted by Crippen LogP contribution is -2.58. The molecular formula is C24H22F6N2O4. The van der Waals surface area contributed by atoms with Crippen molar-refractivity contribution in [1.82, 2.24) is 10.2 Å². The smallest absolute Gasteiger partial charge is 0.416 e. The number of carbonyl (C=O) groups is 2. The summed E-state index contributed by atoms with van der Waals surface area (Å²) < 4.78 is 90.3. The quantitative estimate of drug-likeness (QED) is 0.568. The Morgan fingerprint density at radius 3 is 2.19 bits per heavy atom. The van der Waals surface area contributed by atoms with Gasteiger partial charge >= 0.3 is 18.4 Å². The van der Waals surface area contributed by atoms with Gasteiger partial charge in [-0.1, -0.05) is 12.1 Å². The molecule has 0 aromatic heterocycles. The minimum atomic E-state index is -5.06. The fraction of sp³-hybridized carbons (Fsp3) is 0.417. The summed E-state index contributed by atoms with van der Waals surface area (Å²) in [6, 6.07) is 8.00. The summed E-state index contributed by atoms with van der Waals surface area (Å²) in [7, 11) is 1.51. The van der Waals surface area contributed by atoms with Crippen LogP contribution in [0.2, 0.25) is 0 Å². The maximum Gasteiger partial charge on any atom is 0.416 e. The Morgan fingerprint density at radius 1 is 1.03 bits per heavy atom. The molecule has 194 valence electrons. The van der Waals surface area contributed by atoms with Gasteiger partial charge in [0.1, 0.15) is 11.4 Å². The molecule has 6 nitrogen and oxygen atoms in total. The van der Waals surface area contributed by atoms with E-state index < -0.39 is 46.6 Å². The molecule has 1 N–H and O–H groups in total. The van der Waals surface area contributed by atoms with E-state index in [9.17, 15) is 35.9 Å². The second-order valence-corrected chi connectivity index (χ2v) is 8.75. The Bertz CT molecular complexity index is 1120. The molecule has 2 heterocycles. The van der Waals surface area contributed by atoms with Gasteiger partial charge in [0.2, 0.25) is 0 Å². The van der Waals surface area contributed by atoms with Crippen molar-refractivity contribution in [1.29, 1.82) is 0 Å². The number of amides is 2. The molecule has 2 aromatic rings. The molecule has 4 rings (SSSR count). The molecular weight excluding hydrogens is 494 g/mol. The zero-order chi connectivity index (χ0) is 26.3. The predicted molar refractivity (Wildman–Crippen MR) is 115 cm³/mol. The van der Waals surface area contributed by atoms with E-state index >= 15 is 0 Å². The molecule has 12 heteroatoms. The van der Waals surface area contributed by atoms with Gasteiger partial charge in [0.05, 0.1) is 18.2 Å². The first-order chi connectivity index (χ1) is 16.8.